The van der Waals surface area contributed by atoms with Crippen molar-refractivity contribution in [2.24, 2.45) is 0 Å². The van der Waals surface area contributed by atoms with Gasteiger partial charge in [0.15, 0.2) is 0 Å². The summed E-state index contributed by atoms with van der Waals surface area (Å²) in [5.41, 5.74) is 2.50. The van der Waals surface area contributed by atoms with E-state index in [4.69, 9.17) is 4.74 Å². The first-order chi connectivity index (χ1) is 11.9. The third-order valence-electron chi connectivity index (χ3n) is 4.06. The summed E-state index contributed by atoms with van der Waals surface area (Å²) in [7, 11) is -3.55. The third kappa shape index (κ3) is 3.54. The summed E-state index contributed by atoms with van der Waals surface area (Å²) in [6.45, 7) is 5.93. The fourth-order valence-electron chi connectivity index (χ4n) is 2.81. The molecule has 0 bridgehead atoms. The minimum Gasteiger partial charge on any atom is -0.492 e. The molecular formula is C19H22N2O3S. The molecule has 1 aromatic heterocycles. The van der Waals surface area contributed by atoms with Crippen molar-refractivity contribution in [1.29, 1.82) is 0 Å². The SMILES string of the molecule is Cc1ccccc1OCCS(=O)(=O)c1nc2ccccc2n1C(C)C. The molecule has 0 spiro atoms. The third-order valence-corrected chi connectivity index (χ3v) is 5.61. The lowest BCUT2D eigenvalue weighted by Crippen LogP contribution is -2.19. The van der Waals surface area contributed by atoms with Crippen molar-refractivity contribution in [3.05, 3.63) is 54.1 Å². The number of ether oxygens (including phenoxy) is 1. The number of rotatable bonds is 6. The maximum atomic E-state index is 12.8. The predicted octanol–water partition coefficient (Wildman–Crippen LogP) is 3.78. The minimum absolute atomic E-state index is 0.00513. The zero-order chi connectivity index (χ0) is 18.0. The monoisotopic (exact) mass is 358 g/mol. The van der Waals surface area contributed by atoms with Gasteiger partial charge in [-0.15, -0.1) is 0 Å². The Kier molecular flexibility index (Phi) is 4.81. The molecule has 0 atom stereocenters. The molecule has 0 unspecified atom stereocenters. The van der Waals surface area contributed by atoms with E-state index in [1.54, 1.807) is 4.57 Å². The molecule has 0 aliphatic rings. The van der Waals surface area contributed by atoms with E-state index in [1.807, 2.05) is 69.3 Å². The number of hydrogen-bond donors (Lipinski definition) is 0. The Bertz CT molecular complexity index is 991. The van der Waals surface area contributed by atoms with E-state index in [1.165, 1.54) is 0 Å². The molecule has 132 valence electrons. The fraction of sp³-hybridized carbons (Fsp3) is 0.316. The molecule has 6 heteroatoms. The summed E-state index contributed by atoms with van der Waals surface area (Å²) in [6, 6.07) is 15.0. The molecule has 0 radical (unpaired) electrons. The first kappa shape index (κ1) is 17.5. The number of fused-ring (bicyclic) bond motifs is 1. The van der Waals surface area contributed by atoms with Crippen LogP contribution < -0.4 is 4.74 Å². The molecule has 3 aromatic rings. The van der Waals surface area contributed by atoms with Crippen molar-refractivity contribution in [2.75, 3.05) is 12.4 Å². The van der Waals surface area contributed by atoms with Gasteiger partial charge in [0.1, 0.15) is 12.4 Å². The van der Waals surface area contributed by atoms with E-state index < -0.39 is 9.84 Å². The van der Waals surface area contributed by atoms with Gasteiger partial charge in [0.25, 0.3) is 0 Å². The number of sulfone groups is 1. The van der Waals surface area contributed by atoms with Gasteiger partial charge in [-0.1, -0.05) is 30.3 Å². The molecule has 3 rings (SSSR count). The first-order valence-corrected chi connectivity index (χ1v) is 9.93. The number of imidazole rings is 1. The summed E-state index contributed by atoms with van der Waals surface area (Å²) >= 11 is 0. The summed E-state index contributed by atoms with van der Waals surface area (Å²) in [4.78, 5) is 4.37. The highest BCUT2D eigenvalue weighted by Crippen LogP contribution is 2.25. The van der Waals surface area contributed by atoms with E-state index in [0.717, 1.165) is 11.1 Å². The predicted molar refractivity (Wildman–Crippen MR) is 98.8 cm³/mol. The van der Waals surface area contributed by atoms with Crippen LogP contribution in [0.25, 0.3) is 11.0 Å². The van der Waals surface area contributed by atoms with Crippen LogP contribution >= 0.6 is 0 Å². The van der Waals surface area contributed by atoms with Crippen LogP contribution in [0.15, 0.2) is 53.7 Å². The van der Waals surface area contributed by atoms with Gasteiger partial charge in [-0.3, -0.25) is 0 Å². The molecule has 0 saturated carbocycles. The van der Waals surface area contributed by atoms with Crippen molar-refractivity contribution in [2.45, 2.75) is 32.0 Å². The van der Waals surface area contributed by atoms with Gasteiger partial charge in [-0.05, 0) is 44.5 Å². The Labute approximate surface area is 148 Å². The van der Waals surface area contributed by atoms with Crippen LogP contribution in [-0.4, -0.2) is 30.3 Å². The zero-order valence-corrected chi connectivity index (χ0v) is 15.5. The highest BCUT2D eigenvalue weighted by atomic mass is 32.2. The number of aryl methyl sites for hydroxylation is 1. The van der Waals surface area contributed by atoms with Crippen molar-refractivity contribution in [1.82, 2.24) is 9.55 Å². The quantitative estimate of drug-likeness (QED) is 0.673. The molecule has 0 amide bonds. The maximum Gasteiger partial charge on any atom is 0.229 e. The first-order valence-electron chi connectivity index (χ1n) is 8.28. The van der Waals surface area contributed by atoms with E-state index in [9.17, 15) is 8.42 Å². The smallest absolute Gasteiger partial charge is 0.229 e. The standard InChI is InChI=1S/C19H22N2O3S/c1-14(2)21-17-10-6-5-9-16(17)20-19(21)25(22,23)13-12-24-18-11-7-4-8-15(18)3/h4-11,14H,12-13H2,1-3H3. The van der Waals surface area contributed by atoms with Crippen LogP contribution in [0.5, 0.6) is 5.75 Å². The minimum atomic E-state index is -3.55. The van der Waals surface area contributed by atoms with Gasteiger partial charge >= 0.3 is 0 Å². The summed E-state index contributed by atoms with van der Waals surface area (Å²) < 4.78 is 33.1. The molecule has 1 heterocycles. The summed E-state index contributed by atoms with van der Waals surface area (Å²) in [5, 5.41) is 0.108. The summed E-state index contributed by atoms with van der Waals surface area (Å²) in [6.07, 6.45) is 0. The lowest BCUT2D eigenvalue weighted by atomic mass is 10.2. The van der Waals surface area contributed by atoms with Crippen LogP contribution in [-0.2, 0) is 9.84 Å². The molecule has 0 N–H and O–H groups in total. The van der Waals surface area contributed by atoms with Gasteiger partial charge in [-0.2, -0.15) is 0 Å². The van der Waals surface area contributed by atoms with Gasteiger partial charge in [0.05, 0.1) is 16.8 Å². The second kappa shape index (κ2) is 6.88. The van der Waals surface area contributed by atoms with Crippen LogP contribution in [0.3, 0.4) is 0 Å². The number of aromatic nitrogens is 2. The Balaban J connectivity index is 1.86. The van der Waals surface area contributed by atoms with Gasteiger partial charge in [-0.25, -0.2) is 13.4 Å². The zero-order valence-electron chi connectivity index (χ0n) is 14.6. The highest BCUT2D eigenvalue weighted by molar-refractivity contribution is 7.91. The van der Waals surface area contributed by atoms with Crippen molar-refractivity contribution < 1.29 is 13.2 Å². The molecule has 0 aliphatic carbocycles. The lowest BCUT2D eigenvalue weighted by molar-refractivity contribution is 0.338. The maximum absolute atomic E-state index is 12.8. The van der Waals surface area contributed by atoms with Crippen LogP contribution in [0.4, 0.5) is 0 Å². The Morgan fingerprint density at radius 1 is 1.08 bits per heavy atom. The Hall–Kier alpha value is -2.34. The number of benzene rings is 2. The van der Waals surface area contributed by atoms with Gasteiger partial charge in [0, 0.05) is 6.04 Å². The highest BCUT2D eigenvalue weighted by Gasteiger charge is 2.25. The van der Waals surface area contributed by atoms with Crippen LogP contribution in [0, 0.1) is 6.92 Å². The number of para-hydroxylation sites is 3. The van der Waals surface area contributed by atoms with Crippen molar-refractivity contribution in [3.8, 4) is 5.75 Å². The topological polar surface area (TPSA) is 61.2 Å². The molecule has 0 saturated heterocycles. The Morgan fingerprint density at radius 3 is 2.48 bits per heavy atom. The van der Waals surface area contributed by atoms with Crippen molar-refractivity contribution in [3.63, 3.8) is 0 Å². The normalized spacial score (nSPS) is 12.0. The number of nitrogens with zero attached hydrogens (tertiary/aromatic N) is 2. The molecule has 0 aliphatic heterocycles. The average molecular weight is 358 g/mol. The fourth-order valence-corrected chi connectivity index (χ4v) is 4.14. The van der Waals surface area contributed by atoms with Gasteiger partial charge in [0.2, 0.25) is 15.0 Å². The van der Waals surface area contributed by atoms with Crippen molar-refractivity contribution >= 4 is 20.9 Å². The van der Waals surface area contributed by atoms with Gasteiger partial charge < -0.3 is 9.30 Å². The second-order valence-electron chi connectivity index (χ2n) is 6.28. The Morgan fingerprint density at radius 2 is 1.76 bits per heavy atom. The molecule has 0 fully saturated rings. The van der Waals surface area contributed by atoms with E-state index >= 15 is 0 Å². The molecule has 25 heavy (non-hydrogen) atoms. The average Bonchev–Trinajstić information content (AvgIpc) is 2.97. The van der Waals surface area contributed by atoms with Crippen LogP contribution in [0.2, 0.25) is 0 Å². The molecule has 2 aromatic carbocycles. The second-order valence-corrected chi connectivity index (χ2v) is 8.28. The van der Waals surface area contributed by atoms with Crippen LogP contribution in [0.1, 0.15) is 25.5 Å². The lowest BCUT2D eigenvalue weighted by Gasteiger charge is -2.14. The largest absolute Gasteiger partial charge is 0.492 e. The molecule has 5 nitrogen and oxygen atoms in total. The van der Waals surface area contributed by atoms with E-state index in [2.05, 4.69) is 4.98 Å². The van der Waals surface area contributed by atoms with E-state index in [-0.39, 0.29) is 23.6 Å². The summed E-state index contributed by atoms with van der Waals surface area (Å²) in [5.74, 6) is 0.590. The van der Waals surface area contributed by atoms with E-state index in [0.29, 0.717) is 11.3 Å². The number of hydrogen-bond acceptors (Lipinski definition) is 4. The molecular weight excluding hydrogens is 336 g/mol.